The zero-order valence-electron chi connectivity index (χ0n) is 10.7. The summed E-state index contributed by atoms with van der Waals surface area (Å²) in [7, 11) is 0. The Morgan fingerprint density at radius 2 is 2.12 bits per heavy atom. The van der Waals surface area contributed by atoms with Crippen LogP contribution in [0.15, 0.2) is 0 Å². The molecule has 0 radical (unpaired) electrons. The second kappa shape index (κ2) is 5.96. The second-order valence-corrected chi connectivity index (χ2v) is 5.39. The van der Waals surface area contributed by atoms with Gasteiger partial charge in [-0.3, -0.25) is 0 Å². The quantitative estimate of drug-likeness (QED) is 0.781. The maximum Gasteiger partial charge on any atom is 0.182 e. The van der Waals surface area contributed by atoms with Crippen molar-refractivity contribution < 1.29 is 19.3 Å². The molecule has 0 saturated carbocycles. The van der Waals surface area contributed by atoms with Gasteiger partial charge in [0.25, 0.3) is 0 Å². The smallest absolute Gasteiger partial charge is 0.182 e. The van der Waals surface area contributed by atoms with Gasteiger partial charge in [-0.25, -0.2) is 0 Å². The summed E-state index contributed by atoms with van der Waals surface area (Å²) in [4.78, 5) is 0. The summed E-state index contributed by atoms with van der Waals surface area (Å²) >= 11 is 0. The molecule has 0 spiro atoms. The molecule has 16 heavy (non-hydrogen) atoms. The molecule has 2 unspecified atom stereocenters. The fourth-order valence-electron chi connectivity index (χ4n) is 1.81. The molecule has 0 aromatic rings. The molecule has 1 aliphatic rings. The highest BCUT2D eigenvalue weighted by molar-refractivity contribution is 4.73. The average Bonchev–Trinajstić information content (AvgIpc) is 2.14. The molecule has 0 aromatic heterocycles. The fraction of sp³-hybridized carbons (Fsp3) is 1.00. The monoisotopic (exact) mass is 232 g/mol. The minimum atomic E-state index is -0.361. The van der Waals surface area contributed by atoms with Gasteiger partial charge in [-0.1, -0.05) is 13.8 Å². The van der Waals surface area contributed by atoms with Crippen molar-refractivity contribution in [1.82, 2.24) is 0 Å². The Bertz CT molecular complexity index is 203. The maximum atomic E-state index is 9.21. The molecular weight excluding hydrogens is 208 g/mol. The van der Waals surface area contributed by atoms with Crippen LogP contribution in [0.25, 0.3) is 0 Å². The molecular formula is C12H24O4. The van der Waals surface area contributed by atoms with Crippen LogP contribution < -0.4 is 0 Å². The van der Waals surface area contributed by atoms with Crippen LogP contribution in [-0.4, -0.2) is 42.9 Å². The summed E-state index contributed by atoms with van der Waals surface area (Å²) in [6, 6.07) is 0. The second-order valence-electron chi connectivity index (χ2n) is 5.39. The highest BCUT2D eigenvalue weighted by atomic mass is 16.7. The molecule has 1 saturated heterocycles. The standard InChI is InChI=1S/C12H24O4/c1-9(2)5-10(6-13)15-11-7-14-8-12(3,4)16-11/h9-11,13H,5-8H2,1-4H3. The van der Waals surface area contributed by atoms with Crippen molar-refractivity contribution in [3.8, 4) is 0 Å². The fourth-order valence-corrected chi connectivity index (χ4v) is 1.81. The SMILES string of the molecule is CC(C)CC(CO)OC1COCC(C)(C)O1. The Kier molecular flexibility index (Phi) is 5.18. The number of ether oxygens (including phenoxy) is 3. The van der Waals surface area contributed by atoms with Gasteiger partial charge in [0.2, 0.25) is 0 Å². The lowest BCUT2D eigenvalue weighted by Gasteiger charge is -2.37. The number of aliphatic hydroxyl groups is 1. The summed E-state index contributed by atoms with van der Waals surface area (Å²) in [6.07, 6.45) is 0.304. The maximum absolute atomic E-state index is 9.21. The van der Waals surface area contributed by atoms with E-state index in [1.54, 1.807) is 0 Å². The van der Waals surface area contributed by atoms with Crippen LogP contribution in [0, 0.1) is 5.92 Å². The summed E-state index contributed by atoms with van der Waals surface area (Å²) in [5, 5.41) is 9.21. The molecule has 0 aliphatic carbocycles. The van der Waals surface area contributed by atoms with E-state index in [1.807, 2.05) is 13.8 Å². The topological polar surface area (TPSA) is 47.9 Å². The Hall–Kier alpha value is -0.160. The molecule has 1 heterocycles. The van der Waals surface area contributed by atoms with E-state index in [-0.39, 0.29) is 24.6 Å². The molecule has 4 nitrogen and oxygen atoms in total. The lowest BCUT2D eigenvalue weighted by Crippen LogP contribution is -2.46. The van der Waals surface area contributed by atoms with Crippen LogP contribution in [-0.2, 0) is 14.2 Å². The lowest BCUT2D eigenvalue weighted by molar-refractivity contribution is -0.288. The number of hydrogen-bond donors (Lipinski definition) is 1. The molecule has 0 aromatic carbocycles. The van der Waals surface area contributed by atoms with Crippen LogP contribution in [0.4, 0.5) is 0 Å². The van der Waals surface area contributed by atoms with E-state index >= 15 is 0 Å². The third-order valence-corrected chi connectivity index (χ3v) is 2.44. The van der Waals surface area contributed by atoms with Gasteiger partial charge in [0.15, 0.2) is 6.29 Å². The Balaban J connectivity index is 2.39. The summed E-state index contributed by atoms with van der Waals surface area (Å²) in [5.41, 5.74) is -0.305. The Morgan fingerprint density at radius 1 is 1.44 bits per heavy atom. The normalized spacial score (nSPS) is 27.0. The first-order valence-electron chi connectivity index (χ1n) is 5.95. The zero-order valence-corrected chi connectivity index (χ0v) is 10.7. The molecule has 2 atom stereocenters. The third-order valence-electron chi connectivity index (χ3n) is 2.44. The summed E-state index contributed by atoms with van der Waals surface area (Å²) in [5.74, 6) is 0.495. The van der Waals surface area contributed by atoms with Crippen LogP contribution in [0.2, 0.25) is 0 Å². The number of aliphatic hydroxyl groups excluding tert-OH is 1. The highest BCUT2D eigenvalue weighted by Gasteiger charge is 2.31. The van der Waals surface area contributed by atoms with E-state index in [0.29, 0.717) is 19.1 Å². The lowest BCUT2D eigenvalue weighted by atomic mass is 10.1. The van der Waals surface area contributed by atoms with E-state index in [2.05, 4.69) is 13.8 Å². The van der Waals surface area contributed by atoms with Crippen LogP contribution in [0.5, 0.6) is 0 Å². The van der Waals surface area contributed by atoms with Gasteiger partial charge < -0.3 is 19.3 Å². The van der Waals surface area contributed by atoms with Crippen molar-refractivity contribution in [2.75, 3.05) is 19.8 Å². The number of rotatable bonds is 5. The first kappa shape index (κ1) is 13.9. The van der Waals surface area contributed by atoms with Crippen molar-refractivity contribution in [1.29, 1.82) is 0 Å². The van der Waals surface area contributed by atoms with Crippen molar-refractivity contribution in [2.24, 2.45) is 5.92 Å². The first-order valence-corrected chi connectivity index (χ1v) is 5.95. The van der Waals surface area contributed by atoms with Crippen molar-refractivity contribution >= 4 is 0 Å². The molecule has 1 N–H and O–H groups in total. The largest absolute Gasteiger partial charge is 0.394 e. The van der Waals surface area contributed by atoms with Gasteiger partial charge in [0.1, 0.15) is 0 Å². The molecule has 0 amide bonds. The van der Waals surface area contributed by atoms with Crippen LogP contribution >= 0.6 is 0 Å². The minimum Gasteiger partial charge on any atom is -0.394 e. The van der Waals surface area contributed by atoms with Crippen molar-refractivity contribution in [2.45, 2.75) is 52.1 Å². The van der Waals surface area contributed by atoms with Crippen LogP contribution in [0.3, 0.4) is 0 Å². The molecule has 1 rings (SSSR count). The third kappa shape index (κ3) is 4.78. The van der Waals surface area contributed by atoms with Gasteiger partial charge in [-0.15, -0.1) is 0 Å². The van der Waals surface area contributed by atoms with Gasteiger partial charge >= 0.3 is 0 Å². The average molecular weight is 232 g/mol. The highest BCUT2D eigenvalue weighted by Crippen LogP contribution is 2.21. The van der Waals surface area contributed by atoms with Crippen LogP contribution in [0.1, 0.15) is 34.1 Å². The first-order chi connectivity index (χ1) is 7.43. The molecule has 1 fully saturated rings. The van der Waals surface area contributed by atoms with Gasteiger partial charge in [-0.2, -0.15) is 0 Å². The zero-order chi connectivity index (χ0) is 12.2. The molecule has 4 heteroatoms. The Morgan fingerprint density at radius 3 is 2.62 bits per heavy atom. The number of hydrogen-bond acceptors (Lipinski definition) is 4. The molecule has 96 valence electrons. The van der Waals surface area contributed by atoms with Crippen molar-refractivity contribution in [3.05, 3.63) is 0 Å². The molecule has 1 aliphatic heterocycles. The summed E-state index contributed by atoms with van der Waals surface area (Å²) < 4.78 is 16.8. The van der Waals surface area contributed by atoms with Gasteiger partial charge in [0, 0.05) is 0 Å². The van der Waals surface area contributed by atoms with E-state index < -0.39 is 0 Å². The van der Waals surface area contributed by atoms with E-state index in [1.165, 1.54) is 0 Å². The van der Waals surface area contributed by atoms with Gasteiger partial charge in [-0.05, 0) is 26.2 Å². The predicted molar refractivity (Wildman–Crippen MR) is 61.2 cm³/mol. The molecule has 0 bridgehead atoms. The van der Waals surface area contributed by atoms with E-state index in [0.717, 1.165) is 6.42 Å². The van der Waals surface area contributed by atoms with Gasteiger partial charge in [0.05, 0.1) is 31.5 Å². The predicted octanol–water partition coefficient (Wildman–Crippen LogP) is 1.56. The van der Waals surface area contributed by atoms with Crippen molar-refractivity contribution in [3.63, 3.8) is 0 Å². The minimum absolute atomic E-state index is 0.0263. The summed E-state index contributed by atoms with van der Waals surface area (Å²) in [6.45, 7) is 9.21. The Labute approximate surface area is 97.9 Å². The van der Waals surface area contributed by atoms with E-state index in [9.17, 15) is 5.11 Å². The van der Waals surface area contributed by atoms with E-state index in [4.69, 9.17) is 14.2 Å².